The van der Waals surface area contributed by atoms with E-state index in [0.717, 1.165) is 18.2 Å². The number of nitriles is 1. The van der Waals surface area contributed by atoms with Crippen molar-refractivity contribution in [3.63, 3.8) is 0 Å². The zero-order valence-electron chi connectivity index (χ0n) is 9.91. The molecular weight excluding hydrogens is 247 g/mol. The van der Waals surface area contributed by atoms with Gasteiger partial charge in [-0.15, -0.1) is 0 Å². The third kappa shape index (κ3) is 3.64. The fourth-order valence-corrected chi connectivity index (χ4v) is 1.38. The summed E-state index contributed by atoms with van der Waals surface area (Å²) in [5.41, 5.74) is -1.02. The second-order valence-electron chi connectivity index (χ2n) is 3.70. The Morgan fingerprint density at radius 2 is 2.06 bits per heavy atom. The van der Waals surface area contributed by atoms with E-state index in [0.29, 0.717) is 0 Å². The van der Waals surface area contributed by atoms with Crippen LogP contribution in [0.4, 0.5) is 13.2 Å². The zero-order chi connectivity index (χ0) is 13.8. The van der Waals surface area contributed by atoms with Gasteiger partial charge in [-0.25, -0.2) is 0 Å². The maximum absolute atomic E-state index is 12.4. The number of halogens is 3. The minimum Gasteiger partial charge on any atom is -0.487 e. The monoisotopic (exact) mass is 259 g/mol. The molecule has 0 saturated heterocycles. The summed E-state index contributed by atoms with van der Waals surface area (Å²) in [5, 5.41) is 8.82. The van der Waals surface area contributed by atoms with Crippen molar-refractivity contribution in [1.29, 1.82) is 5.26 Å². The van der Waals surface area contributed by atoms with E-state index in [1.165, 1.54) is 7.11 Å². The predicted octanol–water partition coefficient (Wildman–Crippen LogP) is 2.99. The highest BCUT2D eigenvalue weighted by molar-refractivity contribution is 5.46. The van der Waals surface area contributed by atoms with E-state index in [2.05, 4.69) is 0 Å². The van der Waals surface area contributed by atoms with Gasteiger partial charge in [-0.1, -0.05) is 0 Å². The Kier molecular flexibility index (Phi) is 4.56. The Labute approximate surface area is 103 Å². The number of nitrogens with zero attached hydrogens (tertiary/aromatic N) is 1. The van der Waals surface area contributed by atoms with Crippen LogP contribution in [0.5, 0.6) is 5.75 Å². The number of hydrogen-bond donors (Lipinski definition) is 0. The van der Waals surface area contributed by atoms with Crippen molar-refractivity contribution in [2.24, 2.45) is 0 Å². The van der Waals surface area contributed by atoms with Crippen molar-refractivity contribution in [3.05, 3.63) is 29.3 Å². The normalized spacial score (nSPS) is 12.9. The molecule has 1 aromatic rings. The third-order valence-corrected chi connectivity index (χ3v) is 2.16. The summed E-state index contributed by atoms with van der Waals surface area (Å²) in [6, 6.07) is 4.49. The van der Waals surface area contributed by atoms with Crippen molar-refractivity contribution in [2.45, 2.75) is 19.2 Å². The van der Waals surface area contributed by atoms with Gasteiger partial charge in [-0.3, -0.25) is 0 Å². The minimum atomic E-state index is -4.47. The SMILES string of the molecule is COCC(C)Oc1ccc(C(F)(F)F)cc1C#N. The average molecular weight is 259 g/mol. The number of ether oxygens (including phenoxy) is 2. The Morgan fingerprint density at radius 3 is 2.56 bits per heavy atom. The summed E-state index contributed by atoms with van der Waals surface area (Å²) in [6.45, 7) is 1.98. The van der Waals surface area contributed by atoms with Gasteiger partial charge in [0, 0.05) is 7.11 Å². The van der Waals surface area contributed by atoms with E-state index in [4.69, 9.17) is 14.7 Å². The largest absolute Gasteiger partial charge is 0.487 e. The molecule has 0 saturated carbocycles. The second kappa shape index (κ2) is 5.74. The van der Waals surface area contributed by atoms with Gasteiger partial charge in [0.15, 0.2) is 0 Å². The maximum atomic E-state index is 12.4. The summed E-state index contributed by atoms with van der Waals surface area (Å²) < 4.78 is 47.5. The van der Waals surface area contributed by atoms with Crippen molar-refractivity contribution in [2.75, 3.05) is 13.7 Å². The third-order valence-electron chi connectivity index (χ3n) is 2.16. The Bertz CT molecular complexity index is 452. The van der Waals surface area contributed by atoms with Gasteiger partial charge in [0.05, 0.1) is 17.7 Å². The highest BCUT2D eigenvalue weighted by Crippen LogP contribution is 2.32. The lowest BCUT2D eigenvalue weighted by molar-refractivity contribution is -0.137. The summed E-state index contributed by atoms with van der Waals surface area (Å²) >= 11 is 0. The standard InChI is InChI=1S/C12H12F3NO2/c1-8(7-17-2)18-11-4-3-10(12(13,14)15)5-9(11)6-16/h3-5,8H,7H2,1-2H3. The van der Waals surface area contributed by atoms with Gasteiger partial charge in [-0.2, -0.15) is 18.4 Å². The topological polar surface area (TPSA) is 42.2 Å². The van der Waals surface area contributed by atoms with Crippen LogP contribution in [0.3, 0.4) is 0 Å². The molecule has 1 rings (SSSR count). The first-order valence-corrected chi connectivity index (χ1v) is 5.15. The van der Waals surface area contributed by atoms with Crippen molar-refractivity contribution in [1.82, 2.24) is 0 Å². The van der Waals surface area contributed by atoms with Crippen LogP contribution < -0.4 is 4.74 Å². The van der Waals surface area contributed by atoms with Gasteiger partial charge in [-0.05, 0) is 25.1 Å². The number of methoxy groups -OCH3 is 1. The predicted molar refractivity (Wildman–Crippen MR) is 58.1 cm³/mol. The minimum absolute atomic E-state index is 0.120. The second-order valence-corrected chi connectivity index (χ2v) is 3.70. The molecule has 18 heavy (non-hydrogen) atoms. The molecule has 6 heteroatoms. The zero-order valence-corrected chi connectivity index (χ0v) is 9.91. The van der Waals surface area contributed by atoms with Gasteiger partial charge < -0.3 is 9.47 Å². The molecule has 0 aliphatic carbocycles. The van der Waals surface area contributed by atoms with Crippen molar-refractivity contribution >= 4 is 0 Å². The molecule has 0 aliphatic heterocycles. The Hall–Kier alpha value is -1.74. The van der Waals surface area contributed by atoms with Crippen LogP contribution in [0.2, 0.25) is 0 Å². The van der Waals surface area contributed by atoms with E-state index < -0.39 is 11.7 Å². The van der Waals surface area contributed by atoms with E-state index in [1.807, 2.05) is 0 Å². The number of rotatable bonds is 4. The van der Waals surface area contributed by atoms with Crippen LogP contribution in [-0.4, -0.2) is 19.8 Å². The summed E-state index contributed by atoms with van der Waals surface area (Å²) in [5.74, 6) is 0.120. The molecule has 0 radical (unpaired) electrons. The number of hydrogen-bond acceptors (Lipinski definition) is 3. The van der Waals surface area contributed by atoms with Gasteiger partial charge >= 0.3 is 6.18 Å². The Balaban J connectivity index is 2.98. The lowest BCUT2D eigenvalue weighted by Gasteiger charge is -2.15. The number of alkyl halides is 3. The van der Waals surface area contributed by atoms with Crippen LogP contribution in [0.1, 0.15) is 18.1 Å². The molecule has 0 aromatic heterocycles. The summed E-state index contributed by atoms with van der Waals surface area (Å²) in [4.78, 5) is 0. The molecule has 0 fully saturated rings. The first kappa shape index (κ1) is 14.3. The lowest BCUT2D eigenvalue weighted by atomic mass is 10.1. The highest BCUT2D eigenvalue weighted by Gasteiger charge is 2.31. The molecular formula is C12H12F3NO2. The molecule has 1 aromatic carbocycles. The van der Waals surface area contributed by atoms with Crippen LogP contribution >= 0.6 is 0 Å². The molecule has 0 spiro atoms. The van der Waals surface area contributed by atoms with Gasteiger partial charge in [0.25, 0.3) is 0 Å². The Morgan fingerprint density at radius 1 is 1.39 bits per heavy atom. The molecule has 0 amide bonds. The van der Waals surface area contributed by atoms with Crippen LogP contribution in [0, 0.1) is 11.3 Å². The fourth-order valence-electron chi connectivity index (χ4n) is 1.38. The first-order chi connectivity index (χ1) is 8.38. The summed E-state index contributed by atoms with van der Waals surface area (Å²) in [6.07, 6.45) is -4.82. The quantitative estimate of drug-likeness (QED) is 0.834. The van der Waals surface area contributed by atoms with Crippen molar-refractivity contribution < 1.29 is 22.6 Å². The first-order valence-electron chi connectivity index (χ1n) is 5.15. The van der Waals surface area contributed by atoms with E-state index in [9.17, 15) is 13.2 Å². The van der Waals surface area contributed by atoms with Gasteiger partial charge in [0.1, 0.15) is 17.9 Å². The molecule has 0 heterocycles. The molecule has 0 aliphatic rings. The molecule has 1 atom stereocenters. The van der Waals surface area contributed by atoms with E-state index in [1.54, 1.807) is 13.0 Å². The highest BCUT2D eigenvalue weighted by atomic mass is 19.4. The van der Waals surface area contributed by atoms with Gasteiger partial charge in [0.2, 0.25) is 0 Å². The van der Waals surface area contributed by atoms with E-state index >= 15 is 0 Å². The maximum Gasteiger partial charge on any atom is 0.416 e. The van der Waals surface area contributed by atoms with Crippen LogP contribution in [0.15, 0.2) is 18.2 Å². The smallest absolute Gasteiger partial charge is 0.416 e. The molecule has 1 unspecified atom stereocenters. The molecule has 3 nitrogen and oxygen atoms in total. The fraction of sp³-hybridized carbons (Fsp3) is 0.417. The molecule has 0 bridgehead atoms. The average Bonchev–Trinajstić information content (AvgIpc) is 2.28. The van der Waals surface area contributed by atoms with Crippen LogP contribution in [-0.2, 0) is 10.9 Å². The molecule has 98 valence electrons. The molecule has 0 N–H and O–H groups in total. The van der Waals surface area contributed by atoms with E-state index in [-0.39, 0.29) is 24.0 Å². The summed E-state index contributed by atoms with van der Waals surface area (Å²) in [7, 11) is 1.48. The lowest BCUT2D eigenvalue weighted by Crippen LogP contribution is -2.18. The van der Waals surface area contributed by atoms with Crippen molar-refractivity contribution in [3.8, 4) is 11.8 Å². The number of benzene rings is 1. The van der Waals surface area contributed by atoms with Crippen LogP contribution in [0.25, 0.3) is 0 Å².